The van der Waals surface area contributed by atoms with Gasteiger partial charge in [-0.25, -0.2) is 0 Å². The van der Waals surface area contributed by atoms with Crippen molar-refractivity contribution in [3.05, 3.63) is 0 Å². The first-order valence-electron chi connectivity index (χ1n) is 10.6. The van der Waals surface area contributed by atoms with E-state index in [0.717, 1.165) is 59.2 Å². The van der Waals surface area contributed by atoms with Crippen molar-refractivity contribution in [1.82, 2.24) is 0 Å². The van der Waals surface area contributed by atoms with Crippen LogP contribution in [0.5, 0.6) is 0 Å². The van der Waals surface area contributed by atoms with Crippen LogP contribution in [0, 0.1) is 59.2 Å². The molecule has 0 heterocycles. The number of hydrogen-bond acceptors (Lipinski definition) is 0. The zero-order valence-corrected chi connectivity index (χ0v) is 15.4. The average molecular weight is 303 g/mol. The predicted molar refractivity (Wildman–Crippen MR) is 94.5 cm³/mol. The first-order chi connectivity index (χ1) is 10.6. The summed E-state index contributed by atoms with van der Waals surface area (Å²) in [6, 6.07) is 0. The van der Waals surface area contributed by atoms with E-state index in [0.29, 0.717) is 0 Å². The molecule has 8 unspecified atom stereocenters. The Hall–Kier alpha value is 0. The zero-order valence-electron chi connectivity index (χ0n) is 15.4. The molecule has 4 fully saturated rings. The van der Waals surface area contributed by atoms with Gasteiger partial charge in [-0.2, -0.15) is 0 Å². The van der Waals surface area contributed by atoms with Gasteiger partial charge in [0, 0.05) is 0 Å². The molecule has 0 aliphatic heterocycles. The lowest BCUT2D eigenvalue weighted by molar-refractivity contribution is -0.0224. The summed E-state index contributed by atoms with van der Waals surface area (Å²) in [6.07, 6.45) is 12.4. The fourth-order valence-electron chi connectivity index (χ4n) is 8.22. The van der Waals surface area contributed by atoms with Gasteiger partial charge in [0.1, 0.15) is 0 Å². The van der Waals surface area contributed by atoms with Gasteiger partial charge in [-0.1, -0.05) is 53.4 Å². The first kappa shape index (κ1) is 15.5. The largest absolute Gasteiger partial charge is 0.0651 e. The molecule has 0 N–H and O–H groups in total. The van der Waals surface area contributed by atoms with E-state index in [1.807, 2.05) is 0 Å². The number of hydrogen-bond donors (Lipinski definition) is 0. The molecule has 4 rings (SSSR count). The Balaban J connectivity index is 1.59. The highest BCUT2D eigenvalue weighted by molar-refractivity contribution is 5.04. The zero-order chi connectivity index (χ0) is 15.4. The van der Waals surface area contributed by atoms with Crippen molar-refractivity contribution in [1.29, 1.82) is 0 Å². The second kappa shape index (κ2) is 5.82. The molecule has 0 spiro atoms. The predicted octanol–water partition coefficient (Wildman–Crippen LogP) is 6.40. The van der Waals surface area contributed by atoms with E-state index in [-0.39, 0.29) is 0 Å². The Morgan fingerprint density at radius 1 is 0.682 bits per heavy atom. The number of fused-ring (bicyclic) bond motifs is 4. The van der Waals surface area contributed by atoms with Crippen molar-refractivity contribution in [3.8, 4) is 0 Å². The van der Waals surface area contributed by atoms with Crippen molar-refractivity contribution in [3.63, 3.8) is 0 Å². The lowest BCUT2D eigenvalue weighted by atomic mass is 9.54. The van der Waals surface area contributed by atoms with Gasteiger partial charge in [-0.05, 0) is 84.9 Å². The van der Waals surface area contributed by atoms with Gasteiger partial charge in [-0.3, -0.25) is 0 Å². The molecule has 0 amide bonds. The molecule has 4 aliphatic carbocycles. The molecule has 22 heavy (non-hydrogen) atoms. The molecule has 0 aromatic heterocycles. The maximum Gasteiger partial charge on any atom is -0.0323 e. The van der Waals surface area contributed by atoms with Gasteiger partial charge in [0.2, 0.25) is 0 Å². The van der Waals surface area contributed by atoms with E-state index in [4.69, 9.17) is 0 Å². The third-order valence-electron chi connectivity index (χ3n) is 9.30. The molecule has 10 atom stereocenters. The van der Waals surface area contributed by atoms with Crippen LogP contribution in [-0.2, 0) is 0 Å². The van der Waals surface area contributed by atoms with Crippen molar-refractivity contribution >= 4 is 0 Å². The first-order valence-corrected chi connectivity index (χ1v) is 10.6. The highest BCUT2D eigenvalue weighted by Crippen LogP contribution is 2.63. The molecule has 0 radical (unpaired) electrons. The molecule has 126 valence electrons. The van der Waals surface area contributed by atoms with E-state index < -0.39 is 0 Å². The second-order valence-corrected chi connectivity index (χ2v) is 9.84. The second-order valence-electron chi connectivity index (χ2n) is 9.84. The van der Waals surface area contributed by atoms with Gasteiger partial charge in [0.25, 0.3) is 0 Å². The van der Waals surface area contributed by atoms with E-state index in [9.17, 15) is 0 Å². The minimum absolute atomic E-state index is 0.973. The lowest BCUT2D eigenvalue weighted by Crippen LogP contribution is -2.44. The van der Waals surface area contributed by atoms with Crippen molar-refractivity contribution < 1.29 is 0 Å². The molecular weight excluding hydrogens is 264 g/mol. The van der Waals surface area contributed by atoms with E-state index in [1.54, 1.807) is 32.1 Å². The van der Waals surface area contributed by atoms with Crippen LogP contribution >= 0.6 is 0 Å². The minimum atomic E-state index is 0.973. The smallest absolute Gasteiger partial charge is 0.0323 e. The lowest BCUT2D eigenvalue weighted by Gasteiger charge is -2.51. The SMILES string of the molecule is CCC1CC2CC3C[C@H]4CCCC[C@H]4C(C)C3C2C(C)C1C. The summed E-state index contributed by atoms with van der Waals surface area (Å²) in [5.74, 6) is 10.6. The van der Waals surface area contributed by atoms with Crippen LogP contribution in [0.15, 0.2) is 0 Å². The summed E-state index contributed by atoms with van der Waals surface area (Å²) in [5, 5.41) is 0. The van der Waals surface area contributed by atoms with Crippen LogP contribution in [0.25, 0.3) is 0 Å². The molecule has 0 bridgehead atoms. The Kier molecular flexibility index (Phi) is 4.10. The molecule has 0 heteroatoms. The van der Waals surface area contributed by atoms with Crippen LogP contribution in [0.1, 0.15) is 79.1 Å². The summed E-state index contributed by atoms with van der Waals surface area (Å²) in [7, 11) is 0. The summed E-state index contributed by atoms with van der Waals surface area (Å²) >= 11 is 0. The van der Waals surface area contributed by atoms with E-state index in [2.05, 4.69) is 27.7 Å². The van der Waals surface area contributed by atoms with Crippen LogP contribution in [0.2, 0.25) is 0 Å². The van der Waals surface area contributed by atoms with Crippen LogP contribution in [-0.4, -0.2) is 0 Å². The van der Waals surface area contributed by atoms with Crippen LogP contribution < -0.4 is 0 Å². The van der Waals surface area contributed by atoms with Crippen molar-refractivity contribution in [2.45, 2.75) is 79.1 Å². The molecule has 0 aromatic rings. The molecule has 0 saturated heterocycles. The van der Waals surface area contributed by atoms with Crippen LogP contribution in [0.4, 0.5) is 0 Å². The molecule has 4 aliphatic rings. The van der Waals surface area contributed by atoms with Gasteiger partial charge in [0.15, 0.2) is 0 Å². The fourth-order valence-corrected chi connectivity index (χ4v) is 8.22. The van der Waals surface area contributed by atoms with Gasteiger partial charge in [-0.15, -0.1) is 0 Å². The topological polar surface area (TPSA) is 0 Å². The average Bonchev–Trinajstić information content (AvgIpc) is 2.89. The third-order valence-corrected chi connectivity index (χ3v) is 9.30. The molecule has 0 aromatic carbocycles. The highest BCUT2D eigenvalue weighted by atomic mass is 14.6. The normalized spacial score (nSPS) is 57.8. The standard InChI is InChI=1S/C22H38/c1-5-16-10-18-12-19-11-17-8-6-7-9-20(17)15(4)22(19)21(18)14(3)13(16)2/h13-22H,5-12H2,1-4H3/t13?,14?,15?,16?,17-,18?,19?,20+,21?,22?/m1/s1. The maximum absolute atomic E-state index is 2.67. The molecule has 4 saturated carbocycles. The summed E-state index contributed by atoms with van der Waals surface area (Å²) < 4.78 is 0. The monoisotopic (exact) mass is 302 g/mol. The summed E-state index contributed by atoms with van der Waals surface area (Å²) in [6.45, 7) is 10.3. The number of rotatable bonds is 1. The minimum Gasteiger partial charge on any atom is -0.0651 e. The molecular formula is C22H38. The van der Waals surface area contributed by atoms with Crippen molar-refractivity contribution in [2.24, 2.45) is 59.2 Å². The Bertz CT molecular complexity index is 399. The highest BCUT2D eigenvalue weighted by Gasteiger charge is 2.56. The quantitative estimate of drug-likeness (QED) is 0.525. The van der Waals surface area contributed by atoms with E-state index in [1.165, 1.54) is 19.3 Å². The van der Waals surface area contributed by atoms with Crippen LogP contribution in [0.3, 0.4) is 0 Å². The Morgan fingerprint density at radius 3 is 2.09 bits per heavy atom. The fraction of sp³-hybridized carbons (Fsp3) is 1.00. The van der Waals surface area contributed by atoms with Gasteiger partial charge in [0.05, 0.1) is 0 Å². The molecule has 0 nitrogen and oxygen atoms in total. The summed E-state index contributed by atoms with van der Waals surface area (Å²) in [4.78, 5) is 0. The Morgan fingerprint density at radius 2 is 1.32 bits per heavy atom. The van der Waals surface area contributed by atoms with Gasteiger partial charge >= 0.3 is 0 Å². The Labute approximate surface area is 138 Å². The maximum atomic E-state index is 2.67. The van der Waals surface area contributed by atoms with Crippen molar-refractivity contribution in [2.75, 3.05) is 0 Å². The van der Waals surface area contributed by atoms with E-state index >= 15 is 0 Å². The third kappa shape index (κ3) is 2.22. The summed E-state index contributed by atoms with van der Waals surface area (Å²) in [5.41, 5.74) is 0. The van der Waals surface area contributed by atoms with Gasteiger partial charge < -0.3 is 0 Å².